The van der Waals surface area contributed by atoms with E-state index in [1.165, 1.54) is 0 Å². The zero-order valence-corrected chi connectivity index (χ0v) is 18.0. The highest BCUT2D eigenvalue weighted by molar-refractivity contribution is 5.87. The molecule has 5 nitrogen and oxygen atoms in total. The molecule has 1 atom stereocenters. The molecule has 1 unspecified atom stereocenters. The summed E-state index contributed by atoms with van der Waals surface area (Å²) in [5.41, 5.74) is 0.903. The summed E-state index contributed by atoms with van der Waals surface area (Å²) in [6, 6.07) is 0.0978. The van der Waals surface area contributed by atoms with Crippen molar-refractivity contribution in [3.05, 3.63) is 12.3 Å². The number of amides is 2. The number of carbonyl (C=O) groups is 2. The van der Waals surface area contributed by atoms with Crippen LogP contribution in [0, 0.1) is 11.8 Å². The molecule has 2 amide bonds. The maximum atomic E-state index is 11.8. The van der Waals surface area contributed by atoms with Gasteiger partial charge in [-0.1, -0.05) is 62.0 Å². The van der Waals surface area contributed by atoms with E-state index in [1.807, 2.05) is 25.7 Å². The lowest BCUT2D eigenvalue weighted by Gasteiger charge is -2.44. The molecule has 0 aromatic heterocycles. The third-order valence-corrected chi connectivity index (χ3v) is 2.91. The Kier molecular flexibility index (Phi) is 14.1. The zero-order chi connectivity index (χ0) is 20.2. The van der Waals surface area contributed by atoms with Gasteiger partial charge < -0.3 is 15.1 Å². The molecule has 5 heteroatoms. The van der Waals surface area contributed by atoms with E-state index >= 15 is 0 Å². The first-order chi connectivity index (χ1) is 11.5. The van der Waals surface area contributed by atoms with E-state index in [0.717, 1.165) is 24.1 Å². The highest BCUT2D eigenvalue weighted by Crippen LogP contribution is 2.15. The molecule has 0 aromatic rings. The maximum absolute atomic E-state index is 11.8. The van der Waals surface area contributed by atoms with Crippen LogP contribution in [0.1, 0.15) is 62.3 Å². The van der Waals surface area contributed by atoms with E-state index in [4.69, 9.17) is 0 Å². The van der Waals surface area contributed by atoms with Gasteiger partial charge in [0.2, 0.25) is 11.8 Å². The second kappa shape index (κ2) is 13.7. The zero-order valence-electron chi connectivity index (χ0n) is 18.0. The fourth-order valence-electron chi connectivity index (χ4n) is 2.00. The van der Waals surface area contributed by atoms with Crippen LogP contribution in [0.15, 0.2) is 12.3 Å². The van der Waals surface area contributed by atoms with Crippen molar-refractivity contribution >= 4 is 11.8 Å². The molecular formula is C20H41N3O2. The standard InChI is InChI=1S/C10H15N3O2.2C4H10.C2H6/c1-7(2)12-4-8-3-11-9(14)5-13(8)10(15)6-12;2*1-4(2)3;1-2/h8H,1,3-6H2,2H3,(H,11,14);2*4H,1-3H3;1-2H3. The Morgan fingerprint density at radius 2 is 1.48 bits per heavy atom. The Labute approximate surface area is 155 Å². The minimum absolute atomic E-state index is 0.0177. The Morgan fingerprint density at radius 1 is 1.04 bits per heavy atom. The number of piperazine rings is 2. The number of hydrogen-bond donors (Lipinski definition) is 1. The Hall–Kier alpha value is -1.52. The van der Waals surface area contributed by atoms with Gasteiger partial charge >= 0.3 is 0 Å². The van der Waals surface area contributed by atoms with Crippen molar-refractivity contribution < 1.29 is 9.59 Å². The lowest BCUT2D eigenvalue weighted by molar-refractivity contribution is -0.146. The third kappa shape index (κ3) is 12.5. The lowest BCUT2D eigenvalue weighted by Crippen LogP contribution is -2.64. The first-order valence-corrected chi connectivity index (χ1v) is 9.51. The van der Waals surface area contributed by atoms with E-state index in [1.54, 1.807) is 4.90 Å². The molecule has 0 bridgehead atoms. The second-order valence-corrected chi connectivity index (χ2v) is 7.56. The van der Waals surface area contributed by atoms with Crippen molar-refractivity contribution in [3.63, 3.8) is 0 Å². The number of hydrogen-bond acceptors (Lipinski definition) is 3. The highest BCUT2D eigenvalue weighted by atomic mass is 16.2. The van der Waals surface area contributed by atoms with E-state index < -0.39 is 0 Å². The molecule has 1 N–H and O–H groups in total. The van der Waals surface area contributed by atoms with Gasteiger partial charge in [0.1, 0.15) is 6.54 Å². The summed E-state index contributed by atoms with van der Waals surface area (Å²) in [6.07, 6.45) is 0. The number of nitrogens with one attached hydrogen (secondary N) is 1. The molecule has 0 aromatic carbocycles. The first kappa shape index (κ1) is 25.7. The summed E-state index contributed by atoms with van der Waals surface area (Å²) in [7, 11) is 0. The minimum atomic E-state index is -0.0663. The predicted octanol–water partition coefficient (Wildman–Crippen LogP) is 3.51. The number of allylic oxidation sites excluding steroid dienone is 1. The fourth-order valence-corrected chi connectivity index (χ4v) is 2.00. The summed E-state index contributed by atoms with van der Waals surface area (Å²) >= 11 is 0. The van der Waals surface area contributed by atoms with Gasteiger partial charge in [-0.05, 0) is 18.8 Å². The second-order valence-electron chi connectivity index (χ2n) is 7.56. The van der Waals surface area contributed by atoms with Gasteiger partial charge in [-0.25, -0.2) is 0 Å². The van der Waals surface area contributed by atoms with Crippen LogP contribution >= 0.6 is 0 Å². The molecule has 0 aliphatic carbocycles. The number of rotatable bonds is 1. The van der Waals surface area contributed by atoms with Crippen molar-refractivity contribution in [3.8, 4) is 0 Å². The Bertz CT molecular complexity index is 394. The van der Waals surface area contributed by atoms with Crippen LogP contribution in [-0.4, -0.2) is 53.8 Å². The molecule has 2 heterocycles. The summed E-state index contributed by atoms with van der Waals surface area (Å²) in [5, 5.41) is 2.77. The van der Waals surface area contributed by atoms with Crippen molar-refractivity contribution in [1.82, 2.24) is 15.1 Å². The SMILES string of the molecule is C=C(C)N1CC(=O)N2CC(=O)NCC2C1.CC.CC(C)C.CC(C)C. The summed E-state index contributed by atoms with van der Waals surface area (Å²) in [5.74, 6) is 1.62. The number of carbonyl (C=O) groups excluding carboxylic acids is 2. The quantitative estimate of drug-likeness (QED) is 0.783. The van der Waals surface area contributed by atoms with E-state index in [9.17, 15) is 9.59 Å². The van der Waals surface area contributed by atoms with Gasteiger partial charge in [0, 0.05) is 18.8 Å². The summed E-state index contributed by atoms with van der Waals surface area (Å²) < 4.78 is 0. The monoisotopic (exact) mass is 355 g/mol. The van der Waals surface area contributed by atoms with Crippen LogP contribution in [-0.2, 0) is 9.59 Å². The summed E-state index contributed by atoms with van der Waals surface area (Å²) in [6.45, 7) is 24.6. The topological polar surface area (TPSA) is 52.7 Å². The van der Waals surface area contributed by atoms with Crippen molar-refractivity contribution in [1.29, 1.82) is 0 Å². The van der Waals surface area contributed by atoms with Crippen LogP contribution in [0.4, 0.5) is 0 Å². The normalized spacial score (nSPS) is 18.8. The van der Waals surface area contributed by atoms with Gasteiger partial charge in [-0.2, -0.15) is 0 Å². The lowest BCUT2D eigenvalue weighted by atomic mass is 10.1. The van der Waals surface area contributed by atoms with Crippen LogP contribution in [0.5, 0.6) is 0 Å². The fraction of sp³-hybridized carbons (Fsp3) is 0.800. The van der Waals surface area contributed by atoms with Gasteiger partial charge in [-0.15, -0.1) is 0 Å². The molecule has 148 valence electrons. The molecule has 2 fully saturated rings. The average Bonchev–Trinajstić information content (AvgIpc) is 2.48. The molecule has 25 heavy (non-hydrogen) atoms. The summed E-state index contributed by atoms with van der Waals surface area (Å²) in [4.78, 5) is 26.5. The first-order valence-electron chi connectivity index (χ1n) is 9.51. The van der Waals surface area contributed by atoms with E-state index in [2.05, 4.69) is 53.4 Å². The number of fused-ring (bicyclic) bond motifs is 1. The largest absolute Gasteiger partial charge is 0.364 e. The van der Waals surface area contributed by atoms with Crippen molar-refractivity contribution in [2.75, 3.05) is 26.2 Å². The molecule has 2 aliphatic rings. The van der Waals surface area contributed by atoms with Crippen molar-refractivity contribution in [2.45, 2.75) is 68.4 Å². The third-order valence-electron chi connectivity index (χ3n) is 2.91. The molecular weight excluding hydrogens is 314 g/mol. The molecule has 2 aliphatic heterocycles. The van der Waals surface area contributed by atoms with Crippen LogP contribution in [0.3, 0.4) is 0 Å². The van der Waals surface area contributed by atoms with Gasteiger partial charge in [0.25, 0.3) is 0 Å². The molecule has 0 spiro atoms. The van der Waals surface area contributed by atoms with Crippen LogP contribution < -0.4 is 5.32 Å². The molecule has 2 saturated heterocycles. The minimum Gasteiger partial charge on any atom is -0.364 e. The van der Waals surface area contributed by atoms with Crippen LogP contribution in [0.25, 0.3) is 0 Å². The Balaban J connectivity index is 0. The number of nitrogens with zero attached hydrogens (tertiary/aromatic N) is 2. The smallest absolute Gasteiger partial charge is 0.242 e. The molecule has 2 rings (SSSR count). The Morgan fingerprint density at radius 3 is 1.88 bits per heavy atom. The maximum Gasteiger partial charge on any atom is 0.242 e. The highest BCUT2D eigenvalue weighted by Gasteiger charge is 2.36. The van der Waals surface area contributed by atoms with Gasteiger partial charge in [-0.3, -0.25) is 9.59 Å². The van der Waals surface area contributed by atoms with E-state index in [0.29, 0.717) is 13.1 Å². The van der Waals surface area contributed by atoms with Crippen molar-refractivity contribution in [2.24, 2.45) is 11.8 Å². The average molecular weight is 356 g/mol. The van der Waals surface area contributed by atoms with E-state index in [-0.39, 0.29) is 24.4 Å². The molecule has 0 radical (unpaired) electrons. The van der Waals surface area contributed by atoms with Gasteiger partial charge in [0.05, 0.1) is 12.6 Å². The van der Waals surface area contributed by atoms with Gasteiger partial charge in [0.15, 0.2) is 0 Å². The molecule has 0 saturated carbocycles. The van der Waals surface area contributed by atoms with Crippen LogP contribution in [0.2, 0.25) is 0 Å². The predicted molar refractivity (Wildman–Crippen MR) is 107 cm³/mol.